The van der Waals surface area contributed by atoms with Gasteiger partial charge in [-0.05, 0) is 13.8 Å². The van der Waals surface area contributed by atoms with E-state index in [4.69, 9.17) is 4.74 Å². The number of rotatable bonds is 4. The summed E-state index contributed by atoms with van der Waals surface area (Å²) in [7, 11) is -3.10. The average Bonchev–Trinajstić information content (AvgIpc) is 2.14. The van der Waals surface area contributed by atoms with Crippen LogP contribution in [0.25, 0.3) is 0 Å². The molecule has 1 unspecified atom stereocenters. The number of nitrogens with zero attached hydrogens (tertiary/aromatic N) is 1. The molecule has 1 N–H and O–H groups in total. The van der Waals surface area contributed by atoms with E-state index in [1.165, 1.54) is 6.26 Å². The summed E-state index contributed by atoms with van der Waals surface area (Å²) in [5.41, 5.74) is 0. The van der Waals surface area contributed by atoms with Crippen LogP contribution >= 0.6 is 0 Å². The predicted molar refractivity (Wildman–Crippen MR) is 59.3 cm³/mol. The van der Waals surface area contributed by atoms with Crippen molar-refractivity contribution in [2.45, 2.75) is 25.9 Å². The van der Waals surface area contributed by atoms with Gasteiger partial charge in [0.05, 0.1) is 19.5 Å². The zero-order chi connectivity index (χ0) is 11.5. The van der Waals surface area contributed by atoms with Crippen molar-refractivity contribution in [1.82, 2.24) is 9.62 Å². The van der Waals surface area contributed by atoms with Crippen molar-refractivity contribution in [3.63, 3.8) is 0 Å². The van der Waals surface area contributed by atoms with Crippen LogP contribution in [0.15, 0.2) is 0 Å². The van der Waals surface area contributed by atoms with Crippen molar-refractivity contribution in [3.8, 4) is 0 Å². The topological polar surface area (TPSA) is 58.6 Å². The maximum absolute atomic E-state index is 11.0. The first-order valence-corrected chi connectivity index (χ1v) is 7.07. The molecule has 15 heavy (non-hydrogen) atoms. The van der Waals surface area contributed by atoms with E-state index in [9.17, 15) is 8.42 Å². The molecule has 1 aliphatic heterocycles. The third-order valence-corrected chi connectivity index (χ3v) is 3.21. The van der Waals surface area contributed by atoms with Gasteiger partial charge in [-0.3, -0.25) is 4.90 Å². The van der Waals surface area contributed by atoms with E-state index in [0.717, 1.165) is 13.2 Å². The van der Waals surface area contributed by atoms with Crippen LogP contribution in [0.1, 0.15) is 13.8 Å². The summed E-state index contributed by atoms with van der Waals surface area (Å²) in [6.45, 7) is 6.84. The SMILES string of the molecule is CC(C)N1CCOCC1CNS(C)(=O)=O. The maximum atomic E-state index is 11.0. The number of hydrogen-bond donors (Lipinski definition) is 1. The van der Waals surface area contributed by atoms with Crippen LogP contribution in [0.3, 0.4) is 0 Å². The summed E-state index contributed by atoms with van der Waals surface area (Å²) in [6, 6.07) is 0.564. The van der Waals surface area contributed by atoms with Gasteiger partial charge in [-0.25, -0.2) is 13.1 Å². The lowest BCUT2D eigenvalue weighted by atomic mass is 10.2. The van der Waals surface area contributed by atoms with Gasteiger partial charge in [0, 0.05) is 25.2 Å². The van der Waals surface area contributed by atoms with Crippen LogP contribution in [0.5, 0.6) is 0 Å². The molecule has 1 rings (SSSR count). The molecule has 0 aromatic carbocycles. The second kappa shape index (κ2) is 5.25. The van der Waals surface area contributed by atoms with Crippen LogP contribution in [0.4, 0.5) is 0 Å². The zero-order valence-corrected chi connectivity index (χ0v) is 10.4. The predicted octanol–water partition coefficient (Wildman–Crippen LogP) is -0.355. The highest BCUT2D eigenvalue weighted by Gasteiger charge is 2.25. The van der Waals surface area contributed by atoms with Crippen LogP contribution in [-0.2, 0) is 14.8 Å². The number of hydrogen-bond acceptors (Lipinski definition) is 4. The first kappa shape index (κ1) is 12.9. The molecule has 0 amide bonds. The molecule has 1 aliphatic rings. The molecule has 1 fully saturated rings. The third-order valence-electron chi connectivity index (χ3n) is 2.52. The van der Waals surface area contributed by atoms with E-state index in [1.54, 1.807) is 0 Å². The van der Waals surface area contributed by atoms with Crippen LogP contribution in [-0.4, -0.2) is 58.0 Å². The Morgan fingerprint density at radius 3 is 2.73 bits per heavy atom. The molecule has 5 nitrogen and oxygen atoms in total. The van der Waals surface area contributed by atoms with Gasteiger partial charge in [0.2, 0.25) is 10.0 Å². The van der Waals surface area contributed by atoms with Crippen molar-refractivity contribution < 1.29 is 13.2 Å². The fourth-order valence-electron chi connectivity index (χ4n) is 1.77. The van der Waals surface area contributed by atoms with Crippen molar-refractivity contribution in [2.75, 3.05) is 32.6 Å². The van der Waals surface area contributed by atoms with Gasteiger partial charge >= 0.3 is 0 Å². The average molecular weight is 236 g/mol. The molecular weight excluding hydrogens is 216 g/mol. The Kier molecular flexibility index (Phi) is 4.51. The summed E-state index contributed by atoms with van der Waals surface area (Å²) in [6.07, 6.45) is 1.18. The summed E-state index contributed by atoms with van der Waals surface area (Å²) in [5, 5.41) is 0. The Morgan fingerprint density at radius 1 is 1.53 bits per heavy atom. The van der Waals surface area contributed by atoms with Gasteiger partial charge < -0.3 is 4.74 Å². The van der Waals surface area contributed by atoms with E-state index < -0.39 is 10.0 Å². The highest BCUT2D eigenvalue weighted by molar-refractivity contribution is 7.88. The Morgan fingerprint density at radius 2 is 2.20 bits per heavy atom. The highest BCUT2D eigenvalue weighted by atomic mass is 32.2. The Bertz CT molecular complexity index is 290. The first-order valence-electron chi connectivity index (χ1n) is 5.18. The molecule has 90 valence electrons. The number of nitrogens with one attached hydrogen (secondary N) is 1. The fourth-order valence-corrected chi connectivity index (χ4v) is 2.27. The lowest BCUT2D eigenvalue weighted by molar-refractivity contribution is -0.0196. The van der Waals surface area contributed by atoms with Crippen LogP contribution < -0.4 is 4.72 Å². The molecule has 6 heteroatoms. The maximum Gasteiger partial charge on any atom is 0.208 e. The van der Waals surface area contributed by atoms with E-state index in [1.807, 2.05) is 0 Å². The molecule has 1 saturated heterocycles. The van der Waals surface area contributed by atoms with E-state index in [-0.39, 0.29) is 6.04 Å². The molecule has 0 aromatic rings. The molecule has 0 saturated carbocycles. The van der Waals surface area contributed by atoms with Crippen molar-refractivity contribution in [2.24, 2.45) is 0 Å². The number of sulfonamides is 1. The van der Waals surface area contributed by atoms with Gasteiger partial charge in [0.15, 0.2) is 0 Å². The van der Waals surface area contributed by atoms with E-state index in [0.29, 0.717) is 19.2 Å². The Labute approximate surface area is 91.8 Å². The smallest absolute Gasteiger partial charge is 0.208 e. The molecule has 0 spiro atoms. The molecule has 0 aromatic heterocycles. The molecular formula is C9H20N2O3S. The summed E-state index contributed by atoms with van der Waals surface area (Å²) in [5.74, 6) is 0. The Balaban J connectivity index is 2.50. The minimum atomic E-state index is -3.10. The van der Waals surface area contributed by atoms with Crippen LogP contribution in [0.2, 0.25) is 0 Å². The van der Waals surface area contributed by atoms with Gasteiger partial charge in [0.25, 0.3) is 0 Å². The highest BCUT2D eigenvalue weighted by Crippen LogP contribution is 2.10. The van der Waals surface area contributed by atoms with Crippen molar-refractivity contribution in [3.05, 3.63) is 0 Å². The second-order valence-electron chi connectivity index (χ2n) is 4.18. The third kappa shape index (κ3) is 4.46. The summed E-state index contributed by atoms with van der Waals surface area (Å²) < 4.78 is 29.8. The summed E-state index contributed by atoms with van der Waals surface area (Å²) in [4.78, 5) is 2.27. The first-order chi connectivity index (χ1) is 6.90. The number of ether oxygens (including phenoxy) is 1. The van der Waals surface area contributed by atoms with Gasteiger partial charge in [-0.2, -0.15) is 0 Å². The van der Waals surface area contributed by atoms with Gasteiger partial charge in [-0.15, -0.1) is 0 Å². The number of morpholine rings is 1. The van der Waals surface area contributed by atoms with E-state index in [2.05, 4.69) is 23.5 Å². The monoisotopic (exact) mass is 236 g/mol. The molecule has 1 heterocycles. The molecule has 0 bridgehead atoms. The second-order valence-corrected chi connectivity index (χ2v) is 6.01. The fraction of sp³-hybridized carbons (Fsp3) is 1.00. The quantitative estimate of drug-likeness (QED) is 0.724. The lowest BCUT2D eigenvalue weighted by Gasteiger charge is -2.38. The Hall–Kier alpha value is -0.170. The standard InChI is InChI=1S/C9H20N2O3S/c1-8(2)11-4-5-14-7-9(11)6-10-15(3,12)13/h8-10H,4-7H2,1-3H3. The summed E-state index contributed by atoms with van der Waals surface area (Å²) >= 11 is 0. The van der Waals surface area contributed by atoms with E-state index >= 15 is 0 Å². The van der Waals surface area contributed by atoms with Crippen molar-refractivity contribution >= 4 is 10.0 Å². The lowest BCUT2D eigenvalue weighted by Crippen LogP contribution is -2.53. The zero-order valence-electron chi connectivity index (χ0n) is 9.56. The van der Waals surface area contributed by atoms with Crippen LogP contribution in [0, 0.1) is 0 Å². The minimum absolute atomic E-state index is 0.147. The van der Waals surface area contributed by atoms with Gasteiger partial charge in [-0.1, -0.05) is 0 Å². The molecule has 0 aliphatic carbocycles. The van der Waals surface area contributed by atoms with Gasteiger partial charge in [0.1, 0.15) is 0 Å². The van der Waals surface area contributed by atoms with Crippen molar-refractivity contribution in [1.29, 1.82) is 0 Å². The molecule has 0 radical (unpaired) electrons. The normalized spacial score (nSPS) is 24.7. The largest absolute Gasteiger partial charge is 0.378 e. The minimum Gasteiger partial charge on any atom is -0.378 e. The molecule has 1 atom stereocenters.